The molecule has 220 valence electrons. The highest BCUT2D eigenvalue weighted by Crippen LogP contribution is 2.10. The average Bonchev–Trinajstić information content (AvgIpc) is 2.88. The zero-order chi connectivity index (χ0) is 30.4. The Labute approximate surface area is 229 Å². The molecule has 9 N–H and O–H groups in total. The van der Waals surface area contributed by atoms with Crippen molar-refractivity contribution in [3.63, 3.8) is 0 Å². The third-order valence-corrected chi connectivity index (χ3v) is 5.88. The SMILES string of the molecule is CC[C@H](C)[C@H](NC(=O)CNC(=O)[C@@H](N)CC(=O)O)C(=O)N[C@@H](CC(=O)O)C(=O)N[C@@H](Cc1ccccc1)C(=O)O. The number of carbonyl (C=O) groups excluding carboxylic acids is 4. The van der Waals surface area contributed by atoms with E-state index in [1.807, 2.05) is 0 Å². The summed E-state index contributed by atoms with van der Waals surface area (Å²) < 4.78 is 0. The van der Waals surface area contributed by atoms with Gasteiger partial charge in [-0.05, 0) is 11.5 Å². The van der Waals surface area contributed by atoms with Crippen molar-refractivity contribution in [3.8, 4) is 0 Å². The molecule has 5 atom stereocenters. The smallest absolute Gasteiger partial charge is 0.326 e. The summed E-state index contributed by atoms with van der Waals surface area (Å²) in [6.07, 6.45) is -1.24. The highest BCUT2D eigenvalue weighted by atomic mass is 16.4. The lowest BCUT2D eigenvalue weighted by Gasteiger charge is -2.26. The van der Waals surface area contributed by atoms with Gasteiger partial charge in [-0.2, -0.15) is 0 Å². The van der Waals surface area contributed by atoms with Crippen LogP contribution in [0.25, 0.3) is 0 Å². The first-order chi connectivity index (χ1) is 18.7. The summed E-state index contributed by atoms with van der Waals surface area (Å²) in [7, 11) is 0. The maximum Gasteiger partial charge on any atom is 0.326 e. The number of carbonyl (C=O) groups is 7. The molecule has 0 saturated carbocycles. The van der Waals surface area contributed by atoms with Crippen LogP contribution in [0.3, 0.4) is 0 Å². The number of nitrogens with two attached hydrogens (primary N) is 1. The minimum atomic E-state index is -1.67. The van der Waals surface area contributed by atoms with Crippen LogP contribution in [0.1, 0.15) is 38.7 Å². The highest BCUT2D eigenvalue weighted by Gasteiger charge is 2.33. The predicted molar refractivity (Wildman–Crippen MR) is 139 cm³/mol. The Bertz CT molecular complexity index is 1080. The van der Waals surface area contributed by atoms with Gasteiger partial charge in [-0.1, -0.05) is 50.6 Å². The van der Waals surface area contributed by atoms with E-state index in [1.165, 1.54) is 0 Å². The zero-order valence-electron chi connectivity index (χ0n) is 22.1. The standard InChI is InChI=1S/C25H35N5O10/c1-3-13(2)21(30-18(31)12-27-22(36)15(26)10-19(32)33)24(38)28-16(11-20(34)35)23(37)29-17(25(39)40)9-14-7-5-4-6-8-14/h4-8,13,15-17,21H,3,9-12,26H2,1-2H3,(H,27,36)(H,28,38)(H,29,37)(H,30,31)(H,32,33)(H,34,35)(H,39,40)/t13-,15-,16-,17-,21-/m0/s1. The van der Waals surface area contributed by atoms with Crippen LogP contribution in [0.2, 0.25) is 0 Å². The number of benzene rings is 1. The van der Waals surface area contributed by atoms with Crippen molar-refractivity contribution in [1.29, 1.82) is 0 Å². The van der Waals surface area contributed by atoms with Crippen LogP contribution < -0.4 is 27.0 Å². The van der Waals surface area contributed by atoms with E-state index in [0.29, 0.717) is 12.0 Å². The molecule has 0 bridgehead atoms. The molecular weight excluding hydrogens is 530 g/mol. The predicted octanol–water partition coefficient (Wildman–Crippen LogP) is -1.79. The van der Waals surface area contributed by atoms with Crippen molar-refractivity contribution >= 4 is 41.5 Å². The Morgan fingerprint density at radius 3 is 1.90 bits per heavy atom. The molecule has 15 heteroatoms. The second kappa shape index (κ2) is 16.4. The summed E-state index contributed by atoms with van der Waals surface area (Å²) in [6, 6.07) is 2.66. The number of rotatable bonds is 17. The topological polar surface area (TPSA) is 254 Å². The molecule has 0 aromatic heterocycles. The van der Waals surface area contributed by atoms with Gasteiger partial charge in [0.1, 0.15) is 18.1 Å². The molecule has 0 heterocycles. The molecule has 1 rings (SSSR count). The third-order valence-electron chi connectivity index (χ3n) is 5.88. The van der Waals surface area contributed by atoms with Crippen molar-refractivity contribution < 1.29 is 48.9 Å². The van der Waals surface area contributed by atoms with E-state index in [9.17, 15) is 43.8 Å². The maximum atomic E-state index is 13.1. The van der Waals surface area contributed by atoms with Crippen LogP contribution in [0, 0.1) is 5.92 Å². The number of nitrogens with one attached hydrogen (secondary N) is 4. The molecule has 1 aromatic carbocycles. The van der Waals surface area contributed by atoms with Gasteiger partial charge in [-0.25, -0.2) is 4.79 Å². The van der Waals surface area contributed by atoms with E-state index in [-0.39, 0.29) is 6.42 Å². The first kappa shape index (κ1) is 33.5. The van der Waals surface area contributed by atoms with E-state index in [1.54, 1.807) is 44.2 Å². The number of hydrogen-bond acceptors (Lipinski definition) is 8. The first-order valence-corrected chi connectivity index (χ1v) is 12.4. The quantitative estimate of drug-likeness (QED) is 0.105. The Morgan fingerprint density at radius 1 is 0.800 bits per heavy atom. The number of aliphatic carboxylic acids is 3. The lowest BCUT2D eigenvalue weighted by atomic mass is 9.97. The lowest BCUT2D eigenvalue weighted by Crippen LogP contribution is -2.58. The van der Waals surface area contributed by atoms with Crippen molar-refractivity contribution in [2.24, 2.45) is 11.7 Å². The van der Waals surface area contributed by atoms with Gasteiger partial charge in [0.05, 0.1) is 25.4 Å². The summed E-state index contributed by atoms with van der Waals surface area (Å²) in [5.74, 6) is -8.32. The van der Waals surface area contributed by atoms with Crippen LogP contribution >= 0.6 is 0 Å². The average molecular weight is 566 g/mol. The van der Waals surface area contributed by atoms with Gasteiger partial charge in [-0.3, -0.25) is 28.8 Å². The molecule has 0 aliphatic heterocycles. The summed E-state index contributed by atoms with van der Waals surface area (Å²) in [4.78, 5) is 84.1. The van der Waals surface area contributed by atoms with E-state index in [2.05, 4.69) is 21.3 Å². The summed E-state index contributed by atoms with van der Waals surface area (Å²) >= 11 is 0. The summed E-state index contributed by atoms with van der Waals surface area (Å²) in [6.45, 7) is 2.69. The minimum absolute atomic E-state index is 0.0942. The van der Waals surface area contributed by atoms with Gasteiger partial charge in [0.2, 0.25) is 23.6 Å². The van der Waals surface area contributed by atoms with Gasteiger partial charge in [0.15, 0.2) is 0 Å². The molecule has 1 aromatic rings. The van der Waals surface area contributed by atoms with Gasteiger partial charge in [-0.15, -0.1) is 0 Å². The van der Waals surface area contributed by atoms with Crippen LogP contribution in [0.4, 0.5) is 0 Å². The molecule has 0 saturated heterocycles. The second-order valence-corrected chi connectivity index (χ2v) is 9.10. The van der Waals surface area contributed by atoms with Gasteiger partial charge in [0.25, 0.3) is 0 Å². The molecule has 0 unspecified atom stereocenters. The molecule has 0 aliphatic carbocycles. The van der Waals surface area contributed by atoms with Crippen LogP contribution in [-0.2, 0) is 40.0 Å². The third kappa shape index (κ3) is 11.9. The van der Waals surface area contributed by atoms with E-state index < -0.39 is 91.0 Å². The fourth-order valence-corrected chi connectivity index (χ4v) is 3.47. The second-order valence-electron chi connectivity index (χ2n) is 9.10. The number of carboxylic acid groups (broad SMARTS) is 3. The molecule has 0 spiro atoms. The lowest BCUT2D eigenvalue weighted by molar-refractivity contribution is -0.143. The number of carboxylic acids is 3. The Morgan fingerprint density at radius 2 is 1.38 bits per heavy atom. The first-order valence-electron chi connectivity index (χ1n) is 12.4. The van der Waals surface area contributed by atoms with Gasteiger partial charge >= 0.3 is 17.9 Å². The molecule has 0 aliphatic rings. The number of hydrogen-bond donors (Lipinski definition) is 8. The van der Waals surface area contributed by atoms with Crippen LogP contribution in [0.15, 0.2) is 30.3 Å². The fraction of sp³-hybridized carbons (Fsp3) is 0.480. The zero-order valence-corrected chi connectivity index (χ0v) is 22.1. The summed E-state index contributed by atoms with van der Waals surface area (Å²) in [5, 5.41) is 36.6. The van der Waals surface area contributed by atoms with Crippen molar-refractivity contribution in [3.05, 3.63) is 35.9 Å². The van der Waals surface area contributed by atoms with Crippen LogP contribution in [-0.4, -0.2) is 87.6 Å². The normalized spacial score (nSPS) is 14.4. The molecule has 0 radical (unpaired) electrons. The monoisotopic (exact) mass is 565 g/mol. The largest absolute Gasteiger partial charge is 0.481 e. The molecule has 40 heavy (non-hydrogen) atoms. The fourth-order valence-electron chi connectivity index (χ4n) is 3.47. The minimum Gasteiger partial charge on any atom is -0.481 e. The van der Waals surface area contributed by atoms with Crippen molar-refractivity contribution in [1.82, 2.24) is 21.3 Å². The highest BCUT2D eigenvalue weighted by molar-refractivity contribution is 5.96. The number of amides is 4. The molecule has 15 nitrogen and oxygen atoms in total. The van der Waals surface area contributed by atoms with Gasteiger partial charge < -0.3 is 42.3 Å². The van der Waals surface area contributed by atoms with Crippen LogP contribution in [0.5, 0.6) is 0 Å². The maximum absolute atomic E-state index is 13.1. The molecular formula is C25H35N5O10. The Kier molecular flexibility index (Phi) is 13.8. The van der Waals surface area contributed by atoms with E-state index in [0.717, 1.165) is 0 Å². The van der Waals surface area contributed by atoms with Crippen molar-refractivity contribution in [2.45, 2.75) is 63.7 Å². The molecule has 4 amide bonds. The van der Waals surface area contributed by atoms with Crippen molar-refractivity contribution in [2.75, 3.05) is 6.54 Å². The molecule has 0 fully saturated rings. The Balaban J connectivity index is 2.95. The Hall–Kier alpha value is -4.53. The van der Waals surface area contributed by atoms with E-state index in [4.69, 9.17) is 10.8 Å². The van der Waals surface area contributed by atoms with Gasteiger partial charge in [0, 0.05) is 6.42 Å². The summed E-state index contributed by atoms with van der Waals surface area (Å²) in [5.41, 5.74) is 6.03. The van der Waals surface area contributed by atoms with E-state index >= 15 is 0 Å².